The van der Waals surface area contributed by atoms with Gasteiger partial charge in [-0.05, 0) is 26.2 Å². The highest BCUT2D eigenvalue weighted by Crippen LogP contribution is 2.19. The Labute approximate surface area is 111 Å². The Morgan fingerprint density at radius 3 is 2.47 bits per heavy atom. The molecule has 0 aromatic rings. The Bertz CT molecular complexity index is 358. The summed E-state index contributed by atoms with van der Waals surface area (Å²) in [6.45, 7) is 4.06. The van der Waals surface area contributed by atoms with Gasteiger partial charge in [0.2, 0.25) is 11.8 Å². The summed E-state index contributed by atoms with van der Waals surface area (Å²) in [6.07, 6.45) is -0.239. The molecule has 0 spiro atoms. The smallest absolute Gasteiger partial charge is 0.332 e. The number of ether oxygens (including phenoxy) is 1. The van der Waals surface area contributed by atoms with E-state index in [-0.39, 0.29) is 5.91 Å². The number of carboxylic acids is 1. The third-order valence-corrected chi connectivity index (χ3v) is 2.89. The zero-order chi connectivity index (χ0) is 14.4. The van der Waals surface area contributed by atoms with E-state index in [4.69, 9.17) is 9.84 Å². The first-order valence-electron chi connectivity index (χ1n) is 6.42. The Morgan fingerprint density at radius 2 is 1.95 bits per heavy atom. The van der Waals surface area contributed by atoms with Crippen LogP contribution in [0, 0.1) is 0 Å². The van der Waals surface area contributed by atoms with E-state index < -0.39 is 30.1 Å². The fourth-order valence-electron chi connectivity index (χ4n) is 1.78. The number of carbonyl (C=O) groups is 3. The molecule has 0 bridgehead atoms. The average Bonchev–Trinajstić information content (AvgIpc) is 2.85. The van der Waals surface area contributed by atoms with Gasteiger partial charge in [0.1, 0.15) is 12.1 Å². The van der Waals surface area contributed by atoms with Gasteiger partial charge in [0, 0.05) is 6.54 Å². The quantitative estimate of drug-likeness (QED) is 0.613. The summed E-state index contributed by atoms with van der Waals surface area (Å²) in [5, 5.41) is 13.9. The lowest BCUT2D eigenvalue weighted by molar-refractivity contribution is -0.152. The summed E-state index contributed by atoms with van der Waals surface area (Å²) >= 11 is 0. The maximum absolute atomic E-state index is 11.8. The van der Waals surface area contributed by atoms with Gasteiger partial charge in [-0.25, -0.2) is 4.79 Å². The molecule has 0 aliphatic carbocycles. The van der Waals surface area contributed by atoms with Gasteiger partial charge in [-0.3, -0.25) is 9.59 Å². The molecule has 1 rings (SSSR count). The number of nitrogens with one attached hydrogen (secondary N) is 2. The molecule has 1 aliphatic rings. The van der Waals surface area contributed by atoms with E-state index in [0.29, 0.717) is 19.4 Å². The summed E-state index contributed by atoms with van der Waals surface area (Å²) in [4.78, 5) is 34.1. The van der Waals surface area contributed by atoms with Gasteiger partial charge in [-0.15, -0.1) is 0 Å². The second-order valence-corrected chi connectivity index (χ2v) is 4.55. The van der Waals surface area contributed by atoms with Crippen molar-refractivity contribution >= 4 is 17.8 Å². The first-order chi connectivity index (χ1) is 8.95. The summed E-state index contributed by atoms with van der Waals surface area (Å²) in [7, 11) is 0. The topological polar surface area (TPSA) is 105 Å². The van der Waals surface area contributed by atoms with E-state index in [2.05, 4.69) is 10.6 Å². The van der Waals surface area contributed by atoms with Crippen molar-refractivity contribution in [1.29, 1.82) is 0 Å². The minimum atomic E-state index is -1.07. The number of rotatable bonds is 6. The Balaban J connectivity index is 2.39. The SMILES string of the molecule is CCCNC(=O)C(C)NC(=O)[C@@H]1CC[C@H](C(=O)O)O1. The molecule has 1 fully saturated rings. The van der Waals surface area contributed by atoms with Gasteiger partial charge in [-0.1, -0.05) is 6.92 Å². The van der Waals surface area contributed by atoms with Crippen LogP contribution >= 0.6 is 0 Å². The van der Waals surface area contributed by atoms with Crippen molar-refractivity contribution < 1.29 is 24.2 Å². The highest BCUT2D eigenvalue weighted by molar-refractivity contribution is 5.89. The molecule has 7 nitrogen and oxygen atoms in total. The van der Waals surface area contributed by atoms with Gasteiger partial charge >= 0.3 is 5.97 Å². The van der Waals surface area contributed by atoms with Crippen LogP contribution in [0.5, 0.6) is 0 Å². The third-order valence-electron chi connectivity index (χ3n) is 2.89. The first kappa shape index (κ1) is 15.4. The lowest BCUT2D eigenvalue weighted by atomic mass is 10.2. The summed E-state index contributed by atoms with van der Waals surface area (Å²) in [5.41, 5.74) is 0. The van der Waals surface area contributed by atoms with Crippen molar-refractivity contribution in [1.82, 2.24) is 10.6 Å². The molecular formula is C12H20N2O5. The van der Waals surface area contributed by atoms with Crippen LogP contribution in [0.25, 0.3) is 0 Å². The highest BCUT2D eigenvalue weighted by atomic mass is 16.5. The molecule has 0 aromatic carbocycles. The predicted octanol–water partition coefficient (Wildman–Crippen LogP) is -0.350. The molecule has 3 N–H and O–H groups in total. The lowest BCUT2D eigenvalue weighted by Gasteiger charge is -2.16. The molecule has 19 heavy (non-hydrogen) atoms. The fourth-order valence-corrected chi connectivity index (χ4v) is 1.78. The molecule has 7 heteroatoms. The van der Waals surface area contributed by atoms with Crippen molar-refractivity contribution in [3.63, 3.8) is 0 Å². The van der Waals surface area contributed by atoms with Crippen LogP contribution in [0.4, 0.5) is 0 Å². The van der Waals surface area contributed by atoms with Gasteiger partial charge in [-0.2, -0.15) is 0 Å². The van der Waals surface area contributed by atoms with Crippen LogP contribution in [-0.4, -0.2) is 47.7 Å². The van der Waals surface area contributed by atoms with Crippen LogP contribution in [-0.2, 0) is 19.1 Å². The fraction of sp³-hybridized carbons (Fsp3) is 0.750. The molecule has 1 saturated heterocycles. The van der Waals surface area contributed by atoms with Crippen molar-refractivity contribution in [3.8, 4) is 0 Å². The second-order valence-electron chi connectivity index (χ2n) is 4.55. The minimum Gasteiger partial charge on any atom is -0.479 e. The number of carbonyl (C=O) groups excluding carboxylic acids is 2. The Morgan fingerprint density at radius 1 is 1.32 bits per heavy atom. The normalized spacial score (nSPS) is 23.7. The highest BCUT2D eigenvalue weighted by Gasteiger charge is 2.35. The minimum absolute atomic E-state index is 0.261. The standard InChI is InChI=1S/C12H20N2O5/c1-3-6-13-10(15)7(2)14-11(16)8-4-5-9(19-8)12(17)18/h7-9H,3-6H2,1-2H3,(H,13,15)(H,14,16)(H,17,18)/t7?,8-,9+/m0/s1. The second kappa shape index (κ2) is 7.08. The van der Waals surface area contributed by atoms with Gasteiger partial charge in [0.05, 0.1) is 0 Å². The number of aliphatic carboxylic acids is 1. The van der Waals surface area contributed by atoms with Gasteiger partial charge in [0.25, 0.3) is 0 Å². The third kappa shape index (κ3) is 4.51. The van der Waals surface area contributed by atoms with Crippen molar-refractivity contribution in [2.75, 3.05) is 6.54 Å². The molecule has 1 aliphatic heterocycles. The first-order valence-corrected chi connectivity index (χ1v) is 6.42. The number of hydrogen-bond acceptors (Lipinski definition) is 4. The molecule has 0 saturated carbocycles. The maximum atomic E-state index is 11.8. The van der Waals surface area contributed by atoms with Crippen LogP contribution in [0.1, 0.15) is 33.1 Å². The molecule has 0 radical (unpaired) electrons. The monoisotopic (exact) mass is 272 g/mol. The van der Waals surface area contributed by atoms with Crippen molar-refractivity contribution in [2.24, 2.45) is 0 Å². The number of amides is 2. The molecule has 0 aromatic heterocycles. The number of carboxylic acid groups (broad SMARTS) is 1. The summed E-state index contributed by atoms with van der Waals surface area (Å²) in [6, 6.07) is -0.661. The summed E-state index contributed by atoms with van der Waals surface area (Å²) < 4.78 is 5.10. The zero-order valence-corrected chi connectivity index (χ0v) is 11.1. The predicted molar refractivity (Wildman–Crippen MR) is 66.4 cm³/mol. The molecule has 108 valence electrons. The maximum Gasteiger partial charge on any atom is 0.332 e. The van der Waals surface area contributed by atoms with E-state index in [1.807, 2.05) is 6.92 Å². The molecular weight excluding hydrogens is 252 g/mol. The van der Waals surface area contributed by atoms with E-state index in [0.717, 1.165) is 6.42 Å². The van der Waals surface area contributed by atoms with E-state index in [9.17, 15) is 14.4 Å². The van der Waals surface area contributed by atoms with Gasteiger partial charge < -0.3 is 20.5 Å². The van der Waals surface area contributed by atoms with E-state index >= 15 is 0 Å². The van der Waals surface area contributed by atoms with Crippen LogP contribution in [0.3, 0.4) is 0 Å². The van der Waals surface area contributed by atoms with Gasteiger partial charge in [0.15, 0.2) is 6.10 Å². The van der Waals surface area contributed by atoms with E-state index in [1.54, 1.807) is 6.92 Å². The van der Waals surface area contributed by atoms with Crippen LogP contribution < -0.4 is 10.6 Å². The molecule has 1 unspecified atom stereocenters. The Hall–Kier alpha value is -1.63. The lowest BCUT2D eigenvalue weighted by Crippen LogP contribution is -2.48. The van der Waals surface area contributed by atoms with Crippen LogP contribution in [0.2, 0.25) is 0 Å². The van der Waals surface area contributed by atoms with Crippen molar-refractivity contribution in [3.05, 3.63) is 0 Å². The Kier molecular flexibility index (Phi) is 5.75. The number of hydrogen-bond donors (Lipinski definition) is 3. The zero-order valence-electron chi connectivity index (χ0n) is 11.1. The van der Waals surface area contributed by atoms with Crippen molar-refractivity contribution in [2.45, 2.75) is 51.4 Å². The summed E-state index contributed by atoms with van der Waals surface area (Å²) in [5.74, 6) is -1.77. The molecule has 3 atom stereocenters. The van der Waals surface area contributed by atoms with Crippen LogP contribution in [0.15, 0.2) is 0 Å². The van der Waals surface area contributed by atoms with E-state index in [1.165, 1.54) is 0 Å². The average molecular weight is 272 g/mol. The molecule has 1 heterocycles. The largest absolute Gasteiger partial charge is 0.479 e. The molecule has 2 amide bonds.